The number of ketones is 1. The molecule has 2 N–H and O–H groups in total. The van der Waals surface area contributed by atoms with Gasteiger partial charge in [0.05, 0.1) is 0 Å². The number of carboxylic acids is 1. The highest BCUT2D eigenvalue weighted by Crippen LogP contribution is 2.27. The van der Waals surface area contributed by atoms with Gasteiger partial charge in [-0.15, -0.1) is 0 Å². The Morgan fingerprint density at radius 2 is 2.00 bits per heavy atom. The monoisotopic (exact) mass is 235 g/mol. The molecule has 1 aliphatic carbocycles. The molecule has 1 aromatic heterocycles. The molecule has 4 nitrogen and oxygen atoms in total. The van der Waals surface area contributed by atoms with E-state index in [1.165, 1.54) is 31.5 Å². The van der Waals surface area contributed by atoms with Crippen molar-refractivity contribution in [1.29, 1.82) is 0 Å². The van der Waals surface area contributed by atoms with Crippen molar-refractivity contribution in [3.8, 4) is 0 Å². The molecule has 17 heavy (non-hydrogen) atoms. The predicted octanol–water partition coefficient (Wildman–Crippen LogP) is 2.87. The summed E-state index contributed by atoms with van der Waals surface area (Å²) >= 11 is 0. The molecule has 1 fully saturated rings. The molecule has 0 atom stereocenters. The summed E-state index contributed by atoms with van der Waals surface area (Å²) in [5.41, 5.74) is 0.574. The fraction of sp³-hybridized carbons (Fsp3) is 0.538. The summed E-state index contributed by atoms with van der Waals surface area (Å²) in [6.07, 6.45) is 8.00. The summed E-state index contributed by atoms with van der Waals surface area (Å²) in [5, 5.41) is 8.76. The minimum Gasteiger partial charge on any atom is -0.477 e. The van der Waals surface area contributed by atoms with Crippen LogP contribution in [0.15, 0.2) is 12.3 Å². The van der Waals surface area contributed by atoms with Gasteiger partial charge in [0, 0.05) is 18.2 Å². The van der Waals surface area contributed by atoms with Crippen LogP contribution in [0.4, 0.5) is 0 Å². The van der Waals surface area contributed by atoms with Crippen molar-refractivity contribution in [2.75, 3.05) is 0 Å². The maximum absolute atomic E-state index is 11.9. The van der Waals surface area contributed by atoms with Gasteiger partial charge in [0.2, 0.25) is 0 Å². The molecule has 4 heteroatoms. The molecule has 0 aromatic carbocycles. The summed E-state index contributed by atoms with van der Waals surface area (Å²) in [7, 11) is 0. The zero-order chi connectivity index (χ0) is 12.3. The van der Waals surface area contributed by atoms with E-state index in [1.54, 1.807) is 0 Å². The van der Waals surface area contributed by atoms with Gasteiger partial charge in [-0.2, -0.15) is 0 Å². The smallest absolute Gasteiger partial charge is 0.352 e. The Morgan fingerprint density at radius 3 is 2.59 bits per heavy atom. The van der Waals surface area contributed by atoms with Crippen molar-refractivity contribution in [2.24, 2.45) is 5.92 Å². The van der Waals surface area contributed by atoms with Crippen LogP contribution in [0.2, 0.25) is 0 Å². The number of aromatic amines is 1. The van der Waals surface area contributed by atoms with Crippen LogP contribution in [0.3, 0.4) is 0 Å². The molecule has 1 aliphatic rings. The van der Waals surface area contributed by atoms with Crippen LogP contribution in [0.25, 0.3) is 0 Å². The Balaban J connectivity index is 1.96. The number of aromatic nitrogens is 1. The van der Waals surface area contributed by atoms with Crippen LogP contribution in [-0.2, 0) is 0 Å². The van der Waals surface area contributed by atoms with E-state index in [1.807, 2.05) is 0 Å². The minimum atomic E-state index is -1.03. The van der Waals surface area contributed by atoms with E-state index >= 15 is 0 Å². The first-order chi connectivity index (χ1) is 8.16. The topological polar surface area (TPSA) is 70.2 Å². The van der Waals surface area contributed by atoms with Gasteiger partial charge in [-0.3, -0.25) is 4.79 Å². The van der Waals surface area contributed by atoms with Gasteiger partial charge in [-0.1, -0.05) is 32.1 Å². The van der Waals surface area contributed by atoms with E-state index in [9.17, 15) is 9.59 Å². The fourth-order valence-electron chi connectivity index (χ4n) is 2.45. The van der Waals surface area contributed by atoms with Crippen molar-refractivity contribution < 1.29 is 14.7 Å². The van der Waals surface area contributed by atoms with E-state index < -0.39 is 5.97 Å². The van der Waals surface area contributed by atoms with Crippen molar-refractivity contribution in [2.45, 2.75) is 38.5 Å². The molecule has 0 spiro atoms. The van der Waals surface area contributed by atoms with E-state index in [-0.39, 0.29) is 11.5 Å². The first-order valence-electron chi connectivity index (χ1n) is 6.11. The molecular weight excluding hydrogens is 218 g/mol. The van der Waals surface area contributed by atoms with Crippen molar-refractivity contribution in [3.63, 3.8) is 0 Å². The van der Waals surface area contributed by atoms with Gasteiger partial charge >= 0.3 is 5.97 Å². The van der Waals surface area contributed by atoms with Crippen LogP contribution in [0.5, 0.6) is 0 Å². The molecule has 0 bridgehead atoms. The largest absolute Gasteiger partial charge is 0.477 e. The quantitative estimate of drug-likeness (QED) is 0.788. The first kappa shape index (κ1) is 11.9. The van der Waals surface area contributed by atoms with Gasteiger partial charge in [0.15, 0.2) is 5.78 Å². The van der Waals surface area contributed by atoms with Crippen molar-refractivity contribution >= 4 is 11.8 Å². The Morgan fingerprint density at radius 1 is 1.29 bits per heavy atom. The number of nitrogens with one attached hydrogen (secondary N) is 1. The zero-order valence-corrected chi connectivity index (χ0v) is 9.74. The maximum Gasteiger partial charge on any atom is 0.352 e. The Hall–Kier alpha value is -1.58. The number of rotatable bonds is 4. The third-order valence-electron chi connectivity index (χ3n) is 3.43. The summed E-state index contributed by atoms with van der Waals surface area (Å²) in [6, 6.07) is 1.42. The van der Waals surface area contributed by atoms with Gasteiger partial charge < -0.3 is 10.1 Å². The van der Waals surface area contributed by atoms with Crippen LogP contribution >= 0.6 is 0 Å². The van der Waals surface area contributed by atoms with Crippen LogP contribution in [0, 0.1) is 5.92 Å². The molecule has 92 valence electrons. The van der Waals surface area contributed by atoms with E-state index in [0.717, 1.165) is 12.8 Å². The van der Waals surface area contributed by atoms with Crippen molar-refractivity contribution in [1.82, 2.24) is 4.98 Å². The second kappa shape index (κ2) is 5.17. The van der Waals surface area contributed by atoms with Gasteiger partial charge in [-0.25, -0.2) is 4.79 Å². The zero-order valence-electron chi connectivity index (χ0n) is 9.74. The molecule has 2 rings (SSSR count). The van der Waals surface area contributed by atoms with Gasteiger partial charge in [-0.05, 0) is 12.0 Å². The molecule has 1 aromatic rings. The predicted molar refractivity (Wildman–Crippen MR) is 63.3 cm³/mol. The Kier molecular flexibility index (Phi) is 3.61. The third kappa shape index (κ3) is 2.96. The molecule has 0 amide bonds. The number of hydrogen-bond acceptors (Lipinski definition) is 2. The Bertz CT molecular complexity index is 416. The van der Waals surface area contributed by atoms with Crippen LogP contribution in [-0.4, -0.2) is 21.8 Å². The molecular formula is C13H17NO3. The van der Waals surface area contributed by atoms with Crippen LogP contribution < -0.4 is 0 Å². The van der Waals surface area contributed by atoms with E-state index in [0.29, 0.717) is 17.9 Å². The number of Topliss-reactive ketones (excluding diaryl/α,β-unsaturated/α-hetero) is 1. The Labute approximate surface area is 100 Å². The van der Waals surface area contributed by atoms with Gasteiger partial charge in [0.1, 0.15) is 5.69 Å². The summed E-state index contributed by atoms with van der Waals surface area (Å²) in [5.74, 6) is -0.484. The summed E-state index contributed by atoms with van der Waals surface area (Å²) in [4.78, 5) is 25.2. The lowest BCUT2D eigenvalue weighted by atomic mass is 9.85. The van der Waals surface area contributed by atoms with Gasteiger partial charge in [0.25, 0.3) is 0 Å². The SMILES string of the molecule is O=C(CC1CCCCC1)c1c[nH]c(C(=O)O)c1. The lowest BCUT2D eigenvalue weighted by Gasteiger charge is -2.20. The maximum atomic E-state index is 11.9. The normalized spacial score (nSPS) is 16.9. The average Bonchev–Trinajstić information content (AvgIpc) is 2.79. The third-order valence-corrected chi connectivity index (χ3v) is 3.43. The molecule has 0 saturated heterocycles. The highest BCUT2D eigenvalue weighted by atomic mass is 16.4. The first-order valence-corrected chi connectivity index (χ1v) is 6.11. The number of carboxylic acid groups (broad SMARTS) is 1. The molecule has 0 unspecified atom stereocenters. The van der Waals surface area contributed by atoms with Crippen LogP contribution in [0.1, 0.15) is 59.4 Å². The molecule has 1 saturated carbocycles. The molecule has 0 radical (unpaired) electrons. The number of carbonyl (C=O) groups is 2. The standard InChI is InChI=1S/C13H17NO3/c15-12(6-9-4-2-1-3-5-9)10-7-11(13(16)17)14-8-10/h7-9,14H,1-6H2,(H,16,17). The molecule has 0 aliphatic heterocycles. The number of hydrogen-bond donors (Lipinski definition) is 2. The number of aromatic carboxylic acids is 1. The van der Waals surface area contributed by atoms with E-state index in [4.69, 9.17) is 5.11 Å². The number of carbonyl (C=O) groups excluding carboxylic acids is 1. The molecule has 1 heterocycles. The highest BCUT2D eigenvalue weighted by molar-refractivity contribution is 5.98. The summed E-state index contributed by atoms with van der Waals surface area (Å²) in [6.45, 7) is 0. The second-order valence-corrected chi connectivity index (χ2v) is 4.74. The fourth-order valence-corrected chi connectivity index (χ4v) is 2.45. The number of H-pyrrole nitrogens is 1. The summed E-state index contributed by atoms with van der Waals surface area (Å²) < 4.78 is 0. The lowest BCUT2D eigenvalue weighted by molar-refractivity contribution is 0.0691. The minimum absolute atomic E-state index is 0.0562. The average molecular weight is 235 g/mol. The second-order valence-electron chi connectivity index (χ2n) is 4.74. The van der Waals surface area contributed by atoms with E-state index in [2.05, 4.69) is 4.98 Å². The van der Waals surface area contributed by atoms with Crippen molar-refractivity contribution in [3.05, 3.63) is 23.5 Å². The lowest BCUT2D eigenvalue weighted by Crippen LogP contribution is -2.11. The highest BCUT2D eigenvalue weighted by Gasteiger charge is 2.19.